The molecule has 4 nitrogen and oxygen atoms in total. The summed E-state index contributed by atoms with van der Waals surface area (Å²) >= 11 is 0. The number of benzene rings is 1. The van der Waals surface area contributed by atoms with Crippen molar-refractivity contribution in [3.05, 3.63) is 46.1 Å². The van der Waals surface area contributed by atoms with Crippen molar-refractivity contribution >= 4 is 5.97 Å². The van der Waals surface area contributed by atoms with Gasteiger partial charge in [-0.15, -0.1) is 0 Å². The van der Waals surface area contributed by atoms with Gasteiger partial charge in [0.1, 0.15) is 17.1 Å². The zero-order valence-corrected chi connectivity index (χ0v) is 17.3. The van der Waals surface area contributed by atoms with E-state index in [1.165, 1.54) is 11.6 Å². The van der Waals surface area contributed by atoms with Gasteiger partial charge in [0.2, 0.25) is 0 Å². The lowest BCUT2D eigenvalue weighted by atomic mass is 9.92. The lowest BCUT2D eigenvalue weighted by Crippen LogP contribution is -2.07. The van der Waals surface area contributed by atoms with Crippen LogP contribution in [0, 0.1) is 5.92 Å². The van der Waals surface area contributed by atoms with Gasteiger partial charge in [0.05, 0.1) is 0 Å². The Labute approximate surface area is 163 Å². The van der Waals surface area contributed by atoms with E-state index in [2.05, 4.69) is 33.8 Å². The van der Waals surface area contributed by atoms with Crippen LogP contribution in [-0.4, -0.2) is 21.3 Å². The van der Waals surface area contributed by atoms with E-state index in [1.807, 2.05) is 13.0 Å². The molecule has 1 aromatic carbocycles. The third-order valence-corrected chi connectivity index (χ3v) is 5.03. The summed E-state index contributed by atoms with van der Waals surface area (Å²) in [6, 6.07) is 1.51. The second kappa shape index (κ2) is 10.8. The zero-order valence-electron chi connectivity index (χ0n) is 17.3. The summed E-state index contributed by atoms with van der Waals surface area (Å²) in [7, 11) is 0. The Bertz CT molecular complexity index is 710. The zero-order chi connectivity index (χ0) is 20.6. The number of aryl methyl sites for hydroxylation is 1. The Kier molecular flexibility index (Phi) is 9.13. The molecule has 0 saturated carbocycles. The first-order chi connectivity index (χ1) is 12.7. The van der Waals surface area contributed by atoms with Gasteiger partial charge in [0.15, 0.2) is 0 Å². The number of hydrogen-bond donors (Lipinski definition) is 3. The summed E-state index contributed by atoms with van der Waals surface area (Å²) in [6.07, 6.45) is 8.61. The lowest BCUT2D eigenvalue weighted by Gasteiger charge is -2.15. The number of aromatic carboxylic acids is 1. The van der Waals surface area contributed by atoms with Crippen molar-refractivity contribution in [3.8, 4) is 11.5 Å². The number of hydrogen-bond acceptors (Lipinski definition) is 3. The highest BCUT2D eigenvalue weighted by molar-refractivity contribution is 5.93. The number of allylic oxidation sites excluding steroid dienone is 4. The summed E-state index contributed by atoms with van der Waals surface area (Å²) in [5.74, 6) is -1.04. The number of carboxylic acid groups (broad SMARTS) is 1. The highest BCUT2D eigenvalue weighted by atomic mass is 16.4. The summed E-state index contributed by atoms with van der Waals surface area (Å²) in [6.45, 7) is 10.3. The van der Waals surface area contributed by atoms with Crippen molar-refractivity contribution in [3.63, 3.8) is 0 Å². The minimum atomic E-state index is -1.16. The van der Waals surface area contributed by atoms with Crippen LogP contribution in [0.1, 0.15) is 81.8 Å². The molecular formula is C23H34O4. The second-order valence-corrected chi connectivity index (χ2v) is 7.69. The topological polar surface area (TPSA) is 77.8 Å². The van der Waals surface area contributed by atoms with Gasteiger partial charge in [0.25, 0.3) is 0 Å². The van der Waals surface area contributed by atoms with Gasteiger partial charge in [-0.2, -0.15) is 0 Å². The molecule has 0 heterocycles. The molecule has 3 N–H and O–H groups in total. The van der Waals surface area contributed by atoms with Crippen LogP contribution in [0.25, 0.3) is 0 Å². The molecule has 1 aromatic rings. The molecule has 0 radical (unpaired) electrons. The summed E-state index contributed by atoms with van der Waals surface area (Å²) in [5, 5.41) is 30.5. The van der Waals surface area contributed by atoms with Crippen LogP contribution in [0.15, 0.2) is 29.4 Å². The smallest absolute Gasteiger partial charge is 0.339 e. The normalized spacial score (nSPS) is 12.7. The fourth-order valence-electron chi connectivity index (χ4n) is 2.96. The molecule has 0 saturated heterocycles. The molecule has 0 fully saturated rings. The molecule has 1 rings (SSSR count). The molecule has 0 aromatic heterocycles. The molecule has 1 unspecified atom stereocenters. The number of phenolic OH excluding ortho intramolecular Hbond substituents is 1. The number of carbonyl (C=O) groups is 1. The highest BCUT2D eigenvalue weighted by Crippen LogP contribution is 2.35. The number of carboxylic acids is 1. The Morgan fingerprint density at radius 1 is 1.19 bits per heavy atom. The molecule has 0 bridgehead atoms. The number of phenols is 2. The third-order valence-electron chi connectivity index (χ3n) is 5.03. The SMILES string of the molecule is CCC(C)CCc1cc(O)c(C/C=C(\C)CCC=C(C)C)c(O)c1C(=O)O. The minimum Gasteiger partial charge on any atom is -0.508 e. The minimum absolute atomic E-state index is 0.0370. The van der Waals surface area contributed by atoms with Crippen LogP contribution in [-0.2, 0) is 12.8 Å². The number of aromatic hydroxyl groups is 2. The predicted molar refractivity (Wildman–Crippen MR) is 111 cm³/mol. The standard InChI is InChI=1S/C23H34O4/c1-6-16(4)10-12-18-14-20(24)19(22(25)21(18)23(26)27)13-11-17(5)9-7-8-15(2)3/h8,11,14,16,24-25H,6-7,9-10,12-13H2,1-5H3,(H,26,27)/b17-11+. The van der Waals surface area contributed by atoms with Gasteiger partial charge in [0, 0.05) is 5.56 Å². The van der Waals surface area contributed by atoms with E-state index in [1.54, 1.807) is 0 Å². The van der Waals surface area contributed by atoms with Crippen LogP contribution < -0.4 is 0 Å². The molecule has 150 valence electrons. The largest absolute Gasteiger partial charge is 0.508 e. The number of rotatable bonds is 10. The van der Waals surface area contributed by atoms with Crippen LogP contribution in [0.2, 0.25) is 0 Å². The third kappa shape index (κ3) is 7.12. The van der Waals surface area contributed by atoms with Crippen molar-refractivity contribution < 1.29 is 20.1 Å². The highest BCUT2D eigenvalue weighted by Gasteiger charge is 2.22. The molecule has 0 aliphatic heterocycles. The fraction of sp³-hybridized carbons (Fsp3) is 0.522. The van der Waals surface area contributed by atoms with Gasteiger partial charge in [-0.3, -0.25) is 0 Å². The summed E-state index contributed by atoms with van der Waals surface area (Å²) < 4.78 is 0. The molecular weight excluding hydrogens is 340 g/mol. The average molecular weight is 375 g/mol. The summed E-state index contributed by atoms with van der Waals surface area (Å²) in [4.78, 5) is 11.7. The van der Waals surface area contributed by atoms with Crippen molar-refractivity contribution in [1.29, 1.82) is 0 Å². The average Bonchev–Trinajstić information content (AvgIpc) is 2.58. The molecule has 27 heavy (non-hydrogen) atoms. The van der Waals surface area contributed by atoms with E-state index in [-0.39, 0.29) is 22.6 Å². The Hall–Kier alpha value is -2.23. The monoisotopic (exact) mass is 374 g/mol. The van der Waals surface area contributed by atoms with E-state index >= 15 is 0 Å². The van der Waals surface area contributed by atoms with E-state index < -0.39 is 5.97 Å². The quantitative estimate of drug-likeness (QED) is 0.438. The van der Waals surface area contributed by atoms with Gasteiger partial charge in [-0.25, -0.2) is 4.79 Å². The maximum absolute atomic E-state index is 11.7. The van der Waals surface area contributed by atoms with Crippen LogP contribution in [0.3, 0.4) is 0 Å². The Morgan fingerprint density at radius 2 is 1.85 bits per heavy atom. The Balaban J connectivity index is 3.06. The molecule has 4 heteroatoms. The van der Waals surface area contributed by atoms with E-state index in [0.717, 1.165) is 31.3 Å². The van der Waals surface area contributed by atoms with E-state index in [9.17, 15) is 20.1 Å². The predicted octanol–water partition coefficient (Wildman–Crippen LogP) is 6.01. The molecule has 0 spiro atoms. The first-order valence-corrected chi connectivity index (χ1v) is 9.76. The summed E-state index contributed by atoms with van der Waals surface area (Å²) in [5.41, 5.74) is 3.11. The molecule has 1 atom stereocenters. The van der Waals surface area contributed by atoms with Crippen molar-refractivity contribution in [1.82, 2.24) is 0 Å². The van der Waals surface area contributed by atoms with Crippen molar-refractivity contribution in [2.24, 2.45) is 5.92 Å². The first kappa shape index (κ1) is 22.8. The molecule has 0 aliphatic carbocycles. The van der Waals surface area contributed by atoms with E-state index in [0.29, 0.717) is 24.3 Å². The van der Waals surface area contributed by atoms with Crippen molar-refractivity contribution in [2.75, 3.05) is 0 Å². The maximum Gasteiger partial charge on any atom is 0.339 e. The van der Waals surface area contributed by atoms with E-state index in [4.69, 9.17) is 0 Å². The second-order valence-electron chi connectivity index (χ2n) is 7.69. The van der Waals surface area contributed by atoms with Gasteiger partial charge in [-0.1, -0.05) is 43.6 Å². The van der Waals surface area contributed by atoms with Crippen LogP contribution in [0.4, 0.5) is 0 Å². The van der Waals surface area contributed by atoms with Crippen LogP contribution >= 0.6 is 0 Å². The van der Waals surface area contributed by atoms with Gasteiger partial charge in [-0.05, 0) is 70.4 Å². The molecule has 0 aliphatic rings. The fourth-order valence-corrected chi connectivity index (χ4v) is 2.96. The van der Waals surface area contributed by atoms with Crippen molar-refractivity contribution in [2.45, 2.75) is 73.1 Å². The first-order valence-electron chi connectivity index (χ1n) is 9.76. The molecule has 0 amide bonds. The lowest BCUT2D eigenvalue weighted by molar-refractivity contribution is 0.0692. The van der Waals surface area contributed by atoms with Crippen LogP contribution in [0.5, 0.6) is 11.5 Å². The van der Waals surface area contributed by atoms with Gasteiger partial charge < -0.3 is 15.3 Å². The maximum atomic E-state index is 11.7. The Morgan fingerprint density at radius 3 is 2.41 bits per heavy atom. The van der Waals surface area contributed by atoms with Gasteiger partial charge >= 0.3 is 5.97 Å².